The van der Waals surface area contributed by atoms with Crippen LogP contribution < -0.4 is 9.62 Å². The van der Waals surface area contributed by atoms with Gasteiger partial charge in [0.2, 0.25) is 5.78 Å². The normalized spacial score (nSPS) is 21.3. The third-order valence-electron chi connectivity index (χ3n) is 5.48. The molecule has 1 saturated heterocycles. The zero-order chi connectivity index (χ0) is 20.2. The Morgan fingerprint density at radius 1 is 1.10 bits per heavy atom. The van der Waals surface area contributed by atoms with Gasteiger partial charge in [-0.1, -0.05) is 24.3 Å². The van der Waals surface area contributed by atoms with Crippen molar-refractivity contribution in [3.05, 3.63) is 59.2 Å². The first-order valence-electron chi connectivity index (χ1n) is 9.37. The number of hydrogen-bond acceptors (Lipinski definition) is 6. The third kappa shape index (κ3) is 2.71. The molecule has 8 heteroatoms. The van der Waals surface area contributed by atoms with E-state index in [9.17, 15) is 13.2 Å². The van der Waals surface area contributed by atoms with Gasteiger partial charge in [-0.3, -0.25) is 14.5 Å². The Morgan fingerprint density at radius 2 is 1.86 bits per heavy atom. The summed E-state index contributed by atoms with van der Waals surface area (Å²) in [5.41, 5.74) is 3.76. The van der Waals surface area contributed by atoms with Crippen molar-refractivity contribution >= 4 is 38.5 Å². The maximum atomic E-state index is 13.1. The molecule has 2 aromatic carbocycles. The Balaban J connectivity index is 1.74. The number of Topliss-reactive ketones (excluding diaryl/α,β-unsaturated/α-hetero) is 1. The molecule has 0 saturated carbocycles. The number of nitrogens with one attached hydrogen (secondary N) is 1. The van der Waals surface area contributed by atoms with Crippen LogP contribution in [0.2, 0.25) is 0 Å². The summed E-state index contributed by atoms with van der Waals surface area (Å²) in [7, 11) is -2.16. The first kappa shape index (κ1) is 18.1. The Kier molecular flexibility index (Phi) is 4.07. The fourth-order valence-electron chi connectivity index (χ4n) is 4.15. The van der Waals surface area contributed by atoms with E-state index in [1.54, 1.807) is 19.2 Å². The molecule has 0 radical (unpaired) electrons. The minimum absolute atomic E-state index is 0.135. The van der Waals surface area contributed by atoms with Crippen LogP contribution in [0.3, 0.4) is 0 Å². The van der Waals surface area contributed by atoms with Crippen molar-refractivity contribution in [2.24, 2.45) is 4.99 Å². The van der Waals surface area contributed by atoms with Crippen molar-refractivity contribution in [1.82, 2.24) is 4.72 Å². The molecule has 3 aliphatic rings. The number of nitrogens with zero attached hydrogens (tertiary/aromatic N) is 2. The number of ether oxygens (including phenoxy) is 1. The summed E-state index contributed by atoms with van der Waals surface area (Å²) in [5, 5.41) is 0. The van der Waals surface area contributed by atoms with Crippen molar-refractivity contribution in [1.29, 1.82) is 0 Å². The number of benzene rings is 2. The molecule has 0 atom stereocenters. The van der Waals surface area contributed by atoms with E-state index in [-0.39, 0.29) is 16.4 Å². The van der Waals surface area contributed by atoms with Crippen molar-refractivity contribution in [3.63, 3.8) is 0 Å². The molecule has 1 aliphatic carbocycles. The molecule has 29 heavy (non-hydrogen) atoms. The average Bonchev–Trinajstić information content (AvgIpc) is 3.02. The Morgan fingerprint density at radius 3 is 2.62 bits per heavy atom. The topological polar surface area (TPSA) is 88.1 Å². The van der Waals surface area contributed by atoms with E-state index in [0.29, 0.717) is 35.6 Å². The Labute approximate surface area is 168 Å². The lowest BCUT2D eigenvalue weighted by Gasteiger charge is -2.29. The molecule has 5 rings (SSSR count). The van der Waals surface area contributed by atoms with Crippen LogP contribution in [0.25, 0.3) is 11.3 Å². The fourth-order valence-corrected chi connectivity index (χ4v) is 5.47. The summed E-state index contributed by atoms with van der Waals surface area (Å²) in [6.07, 6.45) is 0. The lowest BCUT2D eigenvalue weighted by Crippen LogP contribution is -2.36. The number of sulfonamides is 1. The molecule has 0 spiro atoms. The molecule has 148 valence electrons. The number of anilines is 1. The van der Waals surface area contributed by atoms with Crippen LogP contribution in [0.1, 0.15) is 21.5 Å². The first-order chi connectivity index (χ1) is 14.0. The molecule has 2 aromatic rings. The van der Waals surface area contributed by atoms with Crippen molar-refractivity contribution in [2.45, 2.75) is 4.90 Å². The second-order valence-corrected chi connectivity index (χ2v) is 8.74. The highest BCUT2D eigenvalue weighted by molar-refractivity contribution is 7.90. The Bertz CT molecular complexity index is 1210. The highest BCUT2D eigenvalue weighted by Gasteiger charge is 2.41. The van der Waals surface area contributed by atoms with Gasteiger partial charge in [-0.15, -0.1) is 0 Å². The predicted octanol–water partition coefficient (Wildman–Crippen LogP) is 1.95. The minimum Gasteiger partial charge on any atom is -0.378 e. The van der Waals surface area contributed by atoms with Crippen LogP contribution >= 0.6 is 0 Å². The number of allylic oxidation sites excluding steroid dienone is 1. The van der Waals surface area contributed by atoms with E-state index < -0.39 is 10.0 Å². The van der Waals surface area contributed by atoms with Gasteiger partial charge in [-0.25, -0.2) is 8.42 Å². The van der Waals surface area contributed by atoms with Crippen LogP contribution in [0.15, 0.2) is 52.4 Å². The first-order valence-corrected chi connectivity index (χ1v) is 10.8. The highest BCUT2D eigenvalue weighted by atomic mass is 32.2. The minimum atomic E-state index is -3.72. The maximum Gasteiger partial charge on any atom is 0.262 e. The lowest BCUT2D eigenvalue weighted by atomic mass is 9.83. The number of aliphatic imine (C=N–C) groups is 1. The summed E-state index contributed by atoms with van der Waals surface area (Å²) in [4.78, 5) is 19.7. The summed E-state index contributed by atoms with van der Waals surface area (Å²) in [5.74, 6) is -0.265. The smallest absolute Gasteiger partial charge is 0.262 e. The van der Waals surface area contributed by atoms with Gasteiger partial charge in [-0.05, 0) is 23.8 Å². The second-order valence-electron chi connectivity index (χ2n) is 7.09. The van der Waals surface area contributed by atoms with Crippen LogP contribution in [0.5, 0.6) is 0 Å². The molecule has 0 unspecified atom stereocenters. The molecule has 2 aliphatic heterocycles. The highest BCUT2D eigenvalue weighted by Crippen LogP contribution is 2.42. The largest absolute Gasteiger partial charge is 0.378 e. The molecular formula is C21H19N3O4S. The van der Waals surface area contributed by atoms with E-state index in [2.05, 4.69) is 14.6 Å². The van der Waals surface area contributed by atoms with E-state index in [1.165, 1.54) is 6.07 Å². The van der Waals surface area contributed by atoms with Gasteiger partial charge in [0.25, 0.3) is 10.0 Å². The molecular weight excluding hydrogens is 390 g/mol. The van der Waals surface area contributed by atoms with Gasteiger partial charge in [0.15, 0.2) is 0 Å². The van der Waals surface area contributed by atoms with Crippen molar-refractivity contribution in [2.75, 3.05) is 38.3 Å². The molecule has 7 nitrogen and oxygen atoms in total. The standard InChI is InChI=1S/C21H19N3O4S/c1-22-20-17(13-4-2-5-14(12-13)24-8-10-28-11-9-24)19-18-15(21(20)25)6-3-7-16(18)29(26,27)23-19/h2-7,12,23H,8-11H2,1H3. The monoisotopic (exact) mass is 409 g/mol. The summed E-state index contributed by atoms with van der Waals surface area (Å²) in [6, 6.07) is 12.5. The van der Waals surface area contributed by atoms with E-state index in [0.717, 1.165) is 24.3 Å². The molecule has 0 amide bonds. The number of carbonyl (C=O) groups is 1. The summed E-state index contributed by atoms with van der Waals surface area (Å²) in [6.45, 7) is 2.88. The second kappa shape index (κ2) is 6.53. The zero-order valence-electron chi connectivity index (χ0n) is 15.8. The Hall–Kier alpha value is -2.97. The van der Waals surface area contributed by atoms with Gasteiger partial charge in [-0.2, -0.15) is 0 Å². The molecule has 0 bridgehead atoms. The SMILES string of the molecule is CN=C1C(=O)c2cccc3c2C(=C1c1cccc(N2CCOCC2)c1)NS3(=O)=O. The lowest BCUT2D eigenvalue weighted by molar-refractivity contribution is 0.106. The van der Waals surface area contributed by atoms with Gasteiger partial charge >= 0.3 is 0 Å². The predicted molar refractivity (Wildman–Crippen MR) is 111 cm³/mol. The van der Waals surface area contributed by atoms with Crippen LogP contribution in [0.4, 0.5) is 5.69 Å². The number of morpholine rings is 1. The van der Waals surface area contributed by atoms with E-state index >= 15 is 0 Å². The quantitative estimate of drug-likeness (QED) is 0.819. The van der Waals surface area contributed by atoms with Gasteiger partial charge < -0.3 is 9.64 Å². The van der Waals surface area contributed by atoms with Gasteiger partial charge in [0, 0.05) is 42.5 Å². The molecule has 1 N–H and O–H groups in total. The van der Waals surface area contributed by atoms with Crippen LogP contribution in [-0.4, -0.2) is 53.3 Å². The number of hydrogen-bond donors (Lipinski definition) is 1. The van der Waals surface area contributed by atoms with Crippen molar-refractivity contribution < 1.29 is 17.9 Å². The third-order valence-corrected chi connectivity index (χ3v) is 6.88. The molecule has 2 heterocycles. The summed E-state index contributed by atoms with van der Waals surface area (Å²) >= 11 is 0. The number of rotatable bonds is 2. The van der Waals surface area contributed by atoms with Crippen LogP contribution in [0, 0.1) is 0 Å². The number of ketones is 1. The average molecular weight is 409 g/mol. The maximum absolute atomic E-state index is 13.1. The molecule has 0 aromatic heterocycles. The van der Waals surface area contributed by atoms with E-state index in [1.807, 2.05) is 24.3 Å². The zero-order valence-corrected chi connectivity index (χ0v) is 16.6. The van der Waals surface area contributed by atoms with E-state index in [4.69, 9.17) is 4.74 Å². The van der Waals surface area contributed by atoms with Crippen molar-refractivity contribution in [3.8, 4) is 0 Å². The summed E-state index contributed by atoms with van der Waals surface area (Å²) < 4.78 is 33.4. The number of carbonyl (C=O) groups excluding carboxylic acids is 1. The van der Waals surface area contributed by atoms with Gasteiger partial charge in [0.05, 0.1) is 23.8 Å². The molecule has 1 fully saturated rings. The van der Waals surface area contributed by atoms with Gasteiger partial charge in [0.1, 0.15) is 5.71 Å². The van der Waals surface area contributed by atoms with Crippen LogP contribution in [-0.2, 0) is 14.8 Å². The fraction of sp³-hybridized carbons (Fsp3) is 0.238.